The van der Waals surface area contributed by atoms with E-state index in [1.807, 2.05) is 0 Å². The lowest BCUT2D eigenvalue weighted by atomic mass is 9.94. The van der Waals surface area contributed by atoms with E-state index in [2.05, 4.69) is 31.1 Å². The monoisotopic (exact) mass is 184 g/mol. The highest BCUT2D eigenvalue weighted by atomic mass is 15.1. The molecule has 0 aliphatic carbocycles. The normalized spacial score (nSPS) is 20.1. The molecule has 1 fully saturated rings. The van der Waals surface area contributed by atoms with Gasteiger partial charge in [-0.1, -0.05) is 0 Å². The van der Waals surface area contributed by atoms with Crippen LogP contribution in [0.15, 0.2) is 0 Å². The second-order valence-corrected chi connectivity index (χ2v) is 4.56. The van der Waals surface area contributed by atoms with Crippen LogP contribution >= 0.6 is 0 Å². The highest BCUT2D eigenvalue weighted by Gasteiger charge is 2.13. The van der Waals surface area contributed by atoms with Gasteiger partial charge in [0.15, 0.2) is 0 Å². The zero-order chi connectivity index (χ0) is 9.68. The van der Waals surface area contributed by atoms with E-state index in [1.54, 1.807) is 0 Å². The number of nitrogens with one attached hydrogen (secondary N) is 1. The van der Waals surface area contributed by atoms with Crippen LogP contribution in [0.1, 0.15) is 33.1 Å². The molecule has 0 aromatic carbocycles. The molecule has 13 heavy (non-hydrogen) atoms. The molecule has 1 rings (SSSR count). The van der Waals surface area contributed by atoms with Gasteiger partial charge in [0.1, 0.15) is 0 Å². The average Bonchev–Trinajstić information content (AvgIpc) is 2.15. The lowest BCUT2D eigenvalue weighted by molar-refractivity contribution is 0.235. The Bertz CT molecular complexity index is 128. The van der Waals surface area contributed by atoms with Gasteiger partial charge in [0.2, 0.25) is 0 Å². The molecule has 0 bridgehead atoms. The van der Waals surface area contributed by atoms with Crippen molar-refractivity contribution < 1.29 is 0 Å². The van der Waals surface area contributed by atoms with E-state index in [0.717, 1.165) is 5.92 Å². The van der Waals surface area contributed by atoms with E-state index in [1.165, 1.54) is 38.9 Å². The first-order valence-electron chi connectivity index (χ1n) is 5.61. The average molecular weight is 184 g/mol. The summed E-state index contributed by atoms with van der Waals surface area (Å²) in [6, 6.07) is 0.696. The van der Waals surface area contributed by atoms with Crippen molar-refractivity contribution in [3.05, 3.63) is 0 Å². The third kappa shape index (κ3) is 4.10. The van der Waals surface area contributed by atoms with Gasteiger partial charge in [-0.15, -0.1) is 0 Å². The second kappa shape index (κ2) is 5.61. The predicted octanol–water partition coefficient (Wildman–Crippen LogP) is 1.72. The Labute approximate surface area is 82.7 Å². The van der Waals surface area contributed by atoms with Crippen molar-refractivity contribution in [1.82, 2.24) is 10.2 Å². The van der Waals surface area contributed by atoms with Crippen molar-refractivity contribution in [2.75, 3.05) is 26.7 Å². The number of hydrogen-bond acceptors (Lipinski definition) is 2. The Morgan fingerprint density at radius 1 is 1.31 bits per heavy atom. The molecule has 0 spiro atoms. The lowest BCUT2D eigenvalue weighted by Gasteiger charge is -2.26. The number of piperidine rings is 1. The SMILES string of the molecule is CC(C)N(C)CCC1CCNCC1. The molecule has 0 aromatic rings. The topological polar surface area (TPSA) is 15.3 Å². The quantitative estimate of drug-likeness (QED) is 0.715. The van der Waals surface area contributed by atoms with E-state index < -0.39 is 0 Å². The van der Waals surface area contributed by atoms with E-state index in [0.29, 0.717) is 6.04 Å². The highest BCUT2D eigenvalue weighted by molar-refractivity contribution is 4.70. The predicted molar refractivity (Wildman–Crippen MR) is 58.0 cm³/mol. The lowest BCUT2D eigenvalue weighted by Crippen LogP contribution is -2.32. The van der Waals surface area contributed by atoms with Gasteiger partial charge in [-0.3, -0.25) is 0 Å². The van der Waals surface area contributed by atoms with Crippen molar-refractivity contribution in [3.8, 4) is 0 Å². The summed E-state index contributed by atoms with van der Waals surface area (Å²) in [7, 11) is 2.23. The van der Waals surface area contributed by atoms with Gasteiger partial charge in [0.05, 0.1) is 0 Å². The van der Waals surface area contributed by atoms with Crippen LogP contribution in [0.4, 0.5) is 0 Å². The number of rotatable bonds is 4. The third-order valence-electron chi connectivity index (χ3n) is 3.23. The number of hydrogen-bond donors (Lipinski definition) is 1. The third-order valence-corrected chi connectivity index (χ3v) is 3.23. The molecule has 0 amide bonds. The minimum absolute atomic E-state index is 0.696. The summed E-state index contributed by atoms with van der Waals surface area (Å²) in [6.07, 6.45) is 4.15. The first-order chi connectivity index (χ1) is 6.20. The second-order valence-electron chi connectivity index (χ2n) is 4.56. The Hall–Kier alpha value is -0.0800. The maximum Gasteiger partial charge on any atom is 0.00355 e. The minimum Gasteiger partial charge on any atom is -0.317 e. The fraction of sp³-hybridized carbons (Fsp3) is 1.00. The zero-order valence-electron chi connectivity index (χ0n) is 9.34. The largest absolute Gasteiger partial charge is 0.317 e. The maximum atomic E-state index is 3.41. The van der Waals surface area contributed by atoms with Crippen molar-refractivity contribution in [2.24, 2.45) is 5.92 Å². The molecule has 1 aliphatic heterocycles. The van der Waals surface area contributed by atoms with Crippen LogP contribution in [0, 0.1) is 5.92 Å². The van der Waals surface area contributed by atoms with Crippen LogP contribution in [0.3, 0.4) is 0 Å². The molecule has 0 radical (unpaired) electrons. The van der Waals surface area contributed by atoms with Crippen LogP contribution in [0.25, 0.3) is 0 Å². The Morgan fingerprint density at radius 2 is 1.92 bits per heavy atom. The van der Waals surface area contributed by atoms with Gasteiger partial charge in [-0.2, -0.15) is 0 Å². The van der Waals surface area contributed by atoms with Gasteiger partial charge in [-0.05, 0) is 65.7 Å². The van der Waals surface area contributed by atoms with Crippen LogP contribution in [0.5, 0.6) is 0 Å². The molecule has 1 N–H and O–H groups in total. The molecule has 78 valence electrons. The summed E-state index contributed by atoms with van der Waals surface area (Å²) in [4.78, 5) is 2.45. The molecule has 2 nitrogen and oxygen atoms in total. The molecule has 1 aliphatic rings. The first kappa shape index (κ1) is 11.0. The van der Waals surface area contributed by atoms with E-state index in [-0.39, 0.29) is 0 Å². The number of nitrogens with zero attached hydrogens (tertiary/aromatic N) is 1. The summed E-state index contributed by atoms with van der Waals surface area (Å²) >= 11 is 0. The molecule has 0 unspecified atom stereocenters. The molecule has 0 saturated carbocycles. The van der Waals surface area contributed by atoms with Crippen LogP contribution in [0.2, 0.25) is 0 Å². The first-order valence-corrected chi connectivity index (χ1v) is 5.61. The van der Waals surface area contributed by atoms with E-state index in [4.69, 9.17) is 0 Å². The Morgan fingerprint density at radius 3 is 2.46 bits per heavy atom. The zero-order valence-corrected chi connectivity index (χ0v) is 9.34. The summed E-state index contributed by atoms with van der Waals surface area (Å²) in [5.41, 5.74) is 0. The smallest absolute Gasteiger partial charge is 0.00355 e. The van der Waals surface area contributed by atoms with Gasteiger partial charge in [-0.25, -0.2) is 0 Å². The summed E-state index contributed by atoms with van der Waals surface area (Å²) < 4.78 is 0. The van der Waals surface area contributed by atoms with Gasteiger partial charge in [0.25, 0.3) is 0 Å². The van der Waals surface area contributed by atoms with Gasteiger partial charge in [0, 0.05) is 6.04 Å². The minimum atomic E-state index is 0.696. The standard InChI is InChI=1S/C11H24N2/c1-10(2)13(3)9-6-11-4-7-12-8-5-11/h10-12H,4-9H2,1-3H3. The highest BCUT2D eigenvalue weighted by Crippen LogP contribution is 2.16. The van der Waals surface area contributed by atoms with Crippen molar-refractivity contribution in [3.63, 3.8) is 0 Å². The van der Waals surface area contributed by atoms with E-state index >= 15 is 0 Å². The fourth-order valence-electron chi connectivity index (χ4n) is 1.81. The molecule has 1 saturated heterocycles. The van der Waals surface area contributed by atoms with E-state index in [9.17, 15) is 0 Å². The molecule has 2 heteroatoms. The molecular weight excluding hydrogens is 160 g/mol. The fourth-order valence-corrected chi connectivity index (χ4v) is 1.81. The summed E-state index contributed by atoms with van der Waals surface area (Å²) in [5.74, 6) is 0.974. The van der Waals surface area contributed by atoms with Crippen LogP contribution < -0.4 is 5.32 Å². The van der Waals surface area contributed by atoms with Gasteiger partial charge < -0.3 is 10.2 Å². The molecular formula is C11H24N2. The van der Waals surface area contributed by atoms with Crippen molar-refractivity contribution in [1.29, 1.82) is 0 Å². The van der Waals surface area contributed by atoms with Crippen LogP contribution in [-0.2, 0) is 0 Å². The maximum absolute atomic E-state index is 3.41. The molecule has 0 aromatic heterocycles. The van der Waals surface area contributed by atoms with Crippen LogP contribution in [-0.4, -0.2) is 37.6 Å². The van der Waals surface area contributed by atoms with Gasteiger partial charge >= 0.3 is 0 Å². The Kier molecular flexibility index (Phi) is 4.74. The molecule has 1 heterocycles. The molecule has 0 atom stereocenters. The summed E-state index contributed by atoms with van der Waals surface area (Å²) in [5, 5.41) is 3.41. The van der Waals surface area contributed by atoms with Crippen molar-refractivity contribution in [2.45, 2.75) is 39.2 Å². The van der Waals surface area contributed by atoms with Crippen molar-refractivity contribution >= 4 is 0 Å². The summed E-state index contributed by atoms with van der Waals surface area (Å²) in [6.45, 7) is 8.26. The Balaban J connectivity index is 2.10.